The van der Waals surface area contributed by atoms with Gasteiger partial charge in [0.05, 0.1) is 52.3 Å². The summed E-state index contributed by atoms with van der Waals surface area (Å²) in [4.78, 5) is 10.7. The van der Waals surface area contributed by atoms with Gasteiger partial charge in [-0.05, 0) is 29.8 Å². The Balaban J connectivity index is 2.42. The van der Waals surface area contributed by atoms with Crippen LogP contribution in [0, 0.1) is 10.1 Å². The Labute approximate surface area is 180 Å². The molecule has 0 atom stereocenters. The lowest BCUT2D eigenvalue weighted by atomic mass is 10.2. The van der Waals surface area contributed by atoms with Gasteiger partial charge >= 0.3 is 0 Å². The Hall–Kier alpha value is -3.47. The summed E-state index contributed by atoms with van der Waals surface area (Å²) in [6.45, 7) is 0. The zero-order valence-electron chi connectivity index (χ0n) is 17.7. The van der Waals surface area contributed by atoms with Crippen molar-refractivity contribution >= 4 is 21.6 Å². The highest BCUT2D eigenvalue weighted by Gasteiger charge is 2.23. The van der Waals surface area contributed by atoms with Gasteiger partial charge in [-0.2, -0.15) is 0 Å². The zero-order valence-corrected chi connectivity index (χ0v) is 18.5. The number of benzene rings is 2. The third kappa shape index (κ3) is 5.57. The molecular formula is C20H23NO9S. The molecule has 0 fully saturated rings. The first-order valence-electron chi connectivity index (χ1n) is 8.79. The summed E-state index contributed by atoms with van der Waals surface area (Å²) in [6, 6.07) is 5.56. The monoisotopic (exact) mass is 453 g/mol. The number of nitrogens with zero attached hydrogens (tertiary/aromatic N) is 1. The number of sulfone groups is 1. The lowest BCUT2D eigenvalue weighted by molar-refractivity contribution is -0.385. The first-order valence-corrected chi connectivity index (χ1v) is 10.5. The van der Waals surface area contributed by atoms with Crippen LogP contribution >= 0.6 is 0 Å². The second kappa shape index (κ2) is 10.0. The molecule has 0 heterocycles. The second-order valence-corrected chi connectivity index (χ2v) is 8.05. The van der Waals surface area contributed by atoms with Crippen molar-refractivity contribution in [2.45, 2.75) is 5.75 Å². The molecule has 0 bridgehead atoms. The molecule has 2 aromatic carbocycles. The summed E-state index contributed by atoms with van der Waals surface area (Å²) < 4.78 is 51.2. The van der Waals surface area contributed by atoms with E-state index in [2.05, 4.69) is 0 Å². The molecule has 0 saturated heterocycles. The van der Waals surface area contributed by atoms with Crippen LogP contribution in [0.25, 0.3) is 6.08 Å². The molecule has 0 radical (unpaired) electrons. The minimum absolute atomic E-state index is 0.0304. The molecule has 0 aliphatic heterocycles. The minimum Gasteiger partial charge on any atom is -0.493 e. The van der Waals surface area contributed by atoms with Gasteiger partial charge < -0.3 is 23.7 Å². The molecule has 2 aromatic rings. The van der Waals surface area contributed by atoms with Crippen molar-refractivity contribution in [3.8, 4) is 28.7 Å². The highest BCUT2D eigenvalue weighted by Crippen LogP contribution is 2.39. The molecule has 0 N–H and O–H groups in total. The van der Waals surface area contributed by atoms with E-state index in [-0.39, 0.29) is 22.7 Å². The van der Waals surface area contributed by atoms with Gasteiger partial charge in [0.25, 0.3) is 5.69 Å². The Morgan fingerprint density at radius 1 is 0.839 bits per heavy atom. The highest BCUT2D eigenvalue weighted by molar-refractivity contribution is 7.93. The predicted octanol–water partition coefficient (Wildman–Crippen LogP) is 3.22. The van der Waals surface area contributed by atoms with Crippen molar-refractivity contribution in [1.29, 1.82) is 0 Å². The number of ether oxygens (including phenoxy) is 5. The van der Waals surface area contributed by atoms with Gasteiger partial charge in [-0.25, -0.2) is 8.42 Å². The van der Waals surface area contributed by atoms with Gasteiger partial charge in [-0.15, -0.1) is 0 Å². The van der Waals surface area contributed by atoms with Gasteiger partial charge in [0.15, 0.2) is 32.8 Å². The Morgan fingerprint density at radius 2 is 1.35 bits per heavy atom. The molecular weight excluding hydrogens is 430 g/mol. The van der Waals surface area contributed by atoms with Crippen LogP contribution in [0.2, 0.25) is 0 Å². The molecule has 0 unspecified atom stereocenters. The molecule has 11 heteroatoms. The molecule has 168 valence electrons. The quantitative estimate of drug-likeness (QED) is 0.394. The first-order chi connectivity index (χ1) is 14.7. The maximum Gasteiger partial charge on any atom is 0.277 e. The number of hydrogen-bond donors (Lipinski definition) is 0. The maximum absolute atomic E-state index is 12.7. The third-order valence-corrected chi connectivity index (χ3v) is 5.56. The van der Waals surface area contributed by atoms with Crippen molar-refractivity contribution in [2.24, 2.45) is 0 Å². The molecule has 0 aromatic heterocycles. The van der Waals surface area contributed by atoms with Crippen molar-refractivity contribution in [3.05, 3.63) is 50.9 Å². The number of hydrogen-bond acceptors (Lipinski definition) is 9. The van der Waals surface area contributed by atoms with E-state index >= 15 is 0 Å². The summed E-state index contributed by atoms with van der Waals surface area (Å²) in [7, 11) is 3.14. The van der Waals surface area contributed by atoms with Crippen LogP contribution in [0.1, 0.15) is 11.1 Å². The van der Waals surface area contributed by atoms with Gasteiger partial charge in [-0.1, -0.05) is 0 Å². The van der Waals surface area contributed by atoms with E-state index in [0.29, 0.717) is 22.8 Å². The topological polar surface area (TPSA) is 123 Å². The lowest BCUT2D eigenvalue weighted by Gasteiger charge is -2.13. The predicted molar refractivity (Wildman–Crippen MR) is 114 cm³/mol. The van der Waals surface area contributed by atoms with E-state index < -0.39 is 20.5 Å². The smallest absolute Gasteiger partial charge is 0.277 e. The normalized spacial score (nSPS) is 11.3. The second-order valence-electron chi connectivity index (χ2n) is 6.16. The van der Waals surface area contributed by atoms with Gasteiger partial charge in [0.1, 0.15) is 0 Å². The van der Waals surface area contributed by atoms with Crippen LogP contribution in [0.4, 0.5) is 5.69 Å². The Bertz CT molecular complexity index is 1070. The fourth-order valence-corrected chi connectivity index (χ4v) is 3.97. The number of nitro groups is 1. The van der Waals surface area contributed by atoms with E-state index in [0.717, 1.165) is 11.5 Å². The molecule has 31 heavy (non-hydrogen) atoms. The van der Waals surface area contributed by atoms with Crippen molar-refractivity contribution < 1.29 is 37.0 Å². The van der Waals surface area contributed by atoms with Crippen LogP contribution in [-0.4, -0.2) is 48.9 Å². The molecule has 10 nitrogen and oxygen atoms in total. The van der Waals surface area contributed by atoms with E-state index in [1.165, 1.54) is 47.7 Å². The summed E-state index contributed by atoms with van der Waals surface area (Å²) in [5.41, 5.74) is 0.0551. The van der Waals surface area contributed by atoms with E-state index in [1.54, 1.807) is 12.1 Å². The van der Waals surface area contributed by atoms with Crippen LogP contribution in [0.3, 0.4) is 0 Å². The molecule has 0 aliphatic rings. The van der Waals surface area contributed by atoms with Crippen LogP contribution in [0.15, 0.2) is 29.7 Å². The maximum atomic E-state index is 12.7. The van der Waals surface area contributed by atoms with Crippen molar-refractivity contribution in [2.75, 3.05) is 35.5 Å². The minimum atomic E-state index is -3.88. The van der Waals surface area contributed by atoms with Gasteiger partial charge in [-0.3, -0.25) is 10.1 Å². The average molecular weight is 453 g/mol. The standard InChI is InChI=1S/C20H23NO9S/c1-26-16-10-14(15(21(22)23)11-17(16)27-2)12-31(24,25)7-6-13-8-18(28-3)20(30-5)19(9-13)29-4/h6-11H,12H2,1-5H3. The summed E-state index contributed by atoms with van der Waals surface area (Å²) in [6.07, 6.45) is 1.34. The van der Waals surface area contributed by atoms with Crippen LogP contribution in [-0.2, 0) is 15.6 Å². The Morgan fingerprint density at radius 3 is 1.81 bits per heavy atom. The fraction of sp³-hybridized carbons (Fsp3) is 0.300. The third-order valence-electron chi connectivity index (χ3n) is 4.29. The Kier molecular flexibility index (Phi) is 7.70. The molecule has 0 amide bonds. The van der Waals surface area contributed by atoms with Crippen molar-refractivity contribution in [3.63, 3.8) is 0 Å². The van der Waals surface area contributed by atoms with Crippen LogP contribution in [0.5, 0.6) is 28.7 Å². The summed E-state index contributed by atoms with van der Waals surface area (Å²) >= 11 is 0. The number of rotatable bonds is 10. The molecule has 2 rings (SSSR count). The number of methoxy groups -OCH3 is 5. The van der Waals surface area contributed by atoms with E-state index in [9.17, 15) is 18.5 Å². The van der Waals surface area contributed by atoms with Gasteiger partial charge in [0.2, 0.25) is 5.75 Å². The SMILES string of the molecule is COc1cc(CS(=O)(=O)C=Cc2cc(OC)c(OC)c(OC)c2)c([N+](=O)[O-])cc1OC. The lowest BCUT2D eigenvalue weighted by Crippen LogP contribution is -2.05. The molecule has 0 spiro atoms. The van der Waals surface area contributed by atoms with E-state index in [1.807, 2.05) is 0 Å². The summed E-state index contributed by atoms with van der Waals surface area (Å²) in [5, 5.41) is 12.4. The molecule has 0 saturated carbocycles. The summed E-state index contributed by atoms with van der Waals surface area (Å²) in [5.74, 6) is 0.787. The zero-order chi connectivity index (χ0) is 23.2. The average Bonchev–Trinajstić information content (AvgIpc) is 2.75. The van der Waals surface area contributed by atoms with Crippen molar-refractivity contribution in [1.82, 2.24) is 0 Å². The fourth-order valence-electron chi connectivity index (χ4n) is 2.84. The first kappa shape index (κ1) is 23.8. The largest absolute Gasteiger partial charge is 0.493 e. The van der Waals surface area contributed by atoms with E-state index in [4.69, 9.17) is 23.7 Å². The molecule has 0 aliphatic carbocycles. The van der Waals surface area contributed by atoms with Crippen LogP contribution < -0.4 is 23.7 Å². The highest BCUT2D eigenvalue weighted by atomic mass is 32.2. The number of nitro benzene ring substituents is 1. The van der Waals surface area contributed by atoms with Gasteiger partial charge in [0, 0.05) is 11.0 Å².